The first kappa shape index (κ1) is 32.9. The summed E-state index contributed by atoms with van der Waals surface area (Å²) in [6.45, 7) is 3.46. The quantitative estimate of drug-likeness (QED) is 0.272. The van der Waals surface area contributed by atoms with Gasteiger partial charge in [0.25, 0.3) is 10.0 Å². The number of carbonyl (C=O) groups is 2. The average molecular weight is 622 g/mol. The zero-order valence-corrected chi connectivity index (χ0v) is 26.8. The van der Waals surface area contributed by atoms with Crippen LogP contribution in [0, 0.1) is 6.92 Å². The Kier molecular flexibility index (Phi) is 11.3. The molecule has 0 bridgehead atoms. The number of aryl methyl sites for hydroxylation is 1. The van der Waals surface area contributed by atoms with E-state index < -0.39 is 28.5 Å². The second-order valence-electron chi connectivity index (χ2n) is 11.1. The first-order valence-corrected chi connectivity index (χ1v) is 16.6. The predicted octanol–water partition coefficient (Wildman–Crippen LogP) is 5.46. The summed E-state index contributed by atoms with van der Waals surface area (Å²) in [6, 6.07) is 19.7. The highest BCUT2D eigenvalue weighted by Crippen LogP contribution is 2.34. The van der Waals surface area contributed by atoms with Crippen LogP contribution in [-0.4, -0.2) is 58.0 Å². The van der Waals surface area contributed by atoms with Crippen molar-refractivity contribution in [2.24, 2.45) is 0 Å². The number of hydrogen-bond donors (Lipinski definition) is 1. The van der Waals surface area contributed by atoms with Gasteiger partial charge in [-0.2, -0.15) is 0 Å². The fourth-order valence-electron chi connectivity index (χ4n) is 5.66. The summed E-state index contributed by atoms with van der Waals surface area (Å²) in [5.41, 5.74) is 2.09. The van der Waals surface area contributed by atoms with Gasteiger partial charge in [-0.15, -0.1) is 0 Å². The maximum absolute atomic E-state index is 14.4. The maximum atomic E-state index is 14.4. The fraction of sp³-hybridized carbons (Fsp3) is 0.412. The van der Waals surface area contributed by atoms with Gasteiger partial charge in [-0.1, -0.05) is 68.7 Å². The number of rotatable bonds is 13. The molecule has 3 aromatic carbocycles. The van der Waals surface area contributed by atoms with Gasteiger partial charge < -0.3 is 19.7 Å². The van der Waals surface area contributed by atoms with Crippen molar-refractivity contribution in [3.63, 3.8) is 0 Å². The molecule has 1 atom stereocenters. The summed E-state index contributed by atoms with van der Waals surface area (Å²) in [6.07, 6.45) is 5.48. The van der Waals surface area contributed by atoms with Gasteiger partial charge in [-0.05, 0) is 61.6 Å². The molecule has 0 saturated heterocycles. The Morgan fingerprint density at radius 1 is 0.909 bits per heavy atom. The number of sulfonamides is 1. The minimum Gasteiger partial charge on any atom is -0.493 e. The van der Waals surface area contributed by atoms with Crippen LogP contribution in [0.5, 0.6) is 11.5 Å². The summed E-state index contributed by atoms with van der Waals surface area (Å²) >= 11 is 0. The van der Waals surface area contributed by atoms with Gasteiger partial charge in [0.2, 0.25) is 11.8 Å². The van der Waals surface area contributed by atoms with Gasteiger partial charge in [0.05, 0.1) is 24.8 Å². The lowest BCUT2D eigenvalue weighted by Gasteiger charge is -2.34. The largest absolute Gasteiger partial charge is 0.493 e. The van der Waals surface area contributed by atoms with Gasteiger partial charge in [0, 0.05) is 18.7 Å². The highest BCUT2D eigenvalue weighted by Gasteiger charge is 2.35. The highest BCUT2D eigenvalue weighted by molar-refractivity contribution is 7.92. The number of amides is 2. The van der Waals surface area contributed by atoms with Crippen LogP contribution in [0.3, 0.4) is 0 Å². The van der Waals surface area contributed by atoms with E-state index in [4.69, 9.17) is 9.47 Å². The molecule has 0 spiro atoms. The van der Waals surface area contributed by atoms with E-state index in [1.807, 2.05) is 38.1 Å². The van der Waals surface area contributed by atoms with Crippen LogP contribution in [-0.2, 0) is 26.2 Å². The van der Waals surface area contributed by atoms with E-state index in [-0.39, 0.29) is 29.1 Å². The standard InChI is InChI=1S/C34H43N3O6S/c1-5-30(34(39)35-27-16-8-6-9-17-27)36(23-26-15-13-12-14-25(26)2)33(38)24-37(44(40,41)29-18-10-7-11-19-29)28-20-21-31(42-3)32(22-28)43-4/h7,10-15,18-22,27,30H,5-6,8-9,16-17,23-24H2,1-4H3,(H,35,39)/t30-/m1/s1. The number of nitrogens with one attached hydrogen (secondary N) is 1. The molecule has 3 aromatic rings. The summed E-state index contributed by atoms with van der Waals surface area (Å²) in [5.74, 6) is 0.0325. The summed E-state index contributed by atoms with van der Waals surface area (Å²) in [4.78, 5) is 29.7. The average Bonchev–Trinajstić information content (AvgIpc) is 3.04. The molecule has 9 nitrogen and oxygen atoms in total. The predicted molar refractivity (Wildman–Crippen MR) is 171 cm³/mol. The molecule has 236 valence electrons. The van der Waals surface area contributed by atoms with E-state index in [9.17, 15) is 18.0 Å². The summed E-state index contributed by atoms with van der Waals surface area (Å²) in [5, 5.41) is 3.18. The van der Waals surface area contributed by atoms with Gasteiger partial charge in [0.1, 0.15) is 12.6 Å². The monoisotopic (exact) mass is 621 g/mol. The Bertz CT molecular complexity index is 1520. The number of hydrogen-bond acceptors (Lipinski definition) is 6. The topological polar surface area (TPSA) is 105 Å². The van der Waals surface area contributed by atoms with Gasteiger partial charge in [-0.3, -0.25) is 13.9 Å². The smallest absolute Gasteiger partial charge is 0.264 e. The van der Waals surface area contributed by atoms with E-state index in [0.717, 1.165) is 47.5 Å². The Balaban J connectivity index is 1.75. The third-order valence-electron chi connectivity index (χ3n) is 8.20. The number of nitrogens with zero attached hydrogens (tertiary/aromatic N) is 2. The molecule has 1 N–H and O–H groups in total. The van der Waals surface area contributed by atoms with E-state index >= 15 is 0 Å². The lowest BCUT2D eigenvalue weighted by molar-refractivity contribution is -0.140. The molecule has 44 heavy (non-hydrogen) atoms. The first-order chi connectivity index (χ1) is 21.2. The van der Waals surface area contributed by atoms with Crippen molar-refractivity contribution in [1.82, 2.24) is 10.2 Å². The maximum Gasteiger partial charge on any atom is 0.264 e. The SMILES string of the molecule is CC[C@H](C(=O)NC1CCCCC1)N(Cc1ccccc1C)C(=O)CN(c1ccc(OC)c(OC)c1)S(=O)(=O)c1ccccc1. The molecule has 10 heteroatoms. The molecule has 1 saturated carbocycles. The normalized spacial score (nSPS) is 14.4. The molecule has 4 rings (SSSR count). The molecule has 0 heterocycles. The molecule has 0 aliphatic heterocycles. The number of ether oxygens (including phenoxy) is 2. The first-order valence-electron chi connectivity index (χ1n) is 15.1. The molecule has 0 unspecified atom stereocenters. The van der Waals surface area contributed by atoms with Crippen LogP contribution in [0.25, 0.3) is 0 Å². The van der Waals surface area contributed by atoms with Crippen LogP contribution < -0.4 is 19.1 Å². The van der Waals surface area contributed by atoms with Gasteiger partial charge >= 0.3 is 0 Å². The highest BCUT2D eigenvalue weighted by atomic mass is 32.2. The van der Waals surface area contributed by atoms with Crippen molar-refractivity contribution in [2.45, 2.75) is 75.9 Å². The third-order valence-corrected chi connectivity index (χ3v) is 9.99. The molecular weight excluding hydrogens is 578 g/mol. The number of carbonyl (C=O) groups excluding carboxylic acids is 2. The lowest BCUT2D eigenvalue weighted by Crippen LogP contribution is -2.54. The van der Waals surface area contributed by atoms with Crippen molar-refractivity contribution in [3.8, 4) is 11.5 Å². The molecular formula is C34H43N3O6S. The zero-order chi connectivity index (χ0) is 31.7. The van der Waals surface area contributed by atoms with Crippen molar-refractivity contribution < 1.29 is 27.5 Å². The summed E-state index contributed by atoms with van der Waals surface area (Å²) in [7, 11) is -1.24. The Hall–Kier alpha value is -4.05. The van der Waals surface area contributed by atoms with E-state index in [1.54, 1.807) is 30.3 Å². The molecule has 1 aliphatic rings. The zero-order valence-electron chi connectivity index (χ0n) is 26.0. The second kappa shape index (κ2) is 15.1. The number of benzene rings is 3. The van der Waals surface area contributed by atoms with Crippen molar-refractivity contribution in [3.05, 3.63) is 83.9 Å². The van der Waals surface area contributed by atoms with Crippen LogP contribution in [0.1, 0.15) is 56.6 Å². The molecule has 1 aliphatic carbocycles. The van der Waals surface area contributed by atoms with Crippen LogP contribution in [0.2, 0.25) is 0 Å². The Morgan fingerprint density at radius 3 is 2.20 bits per heavy atom. The number of anilines is 1. The van der Waals surface area contributed by atoms with Gasteiger partial charge in [0.15, 0.2) is 11.5 Å². The van der Waals surface area contributed by atoms with Crippen LogP contribution in [0.15, 0.2) is 77.7 Å². The Labute approximate surface area is 261 Å². The van der Waals surface area contributed by atoms with Crippen LogP contribution in [0.4, 0.5) is 5.69 Å². The van der Waals surface area contributed by atoms with E-state index in [1.165, 1.54) is 37.3 Å². The van der Waals surface area contributed by atoms with Crippen molar-refractivity contribution in [2.75, 3.05) is 25.1 Å². The molecule has 2 amide bonds. The minimum atomic E-state index is -4.19. The molecule has 0 radical (unpaired) electrons. The Morgan fingerprint density at radius 2 is 1.57 bits per heavy atom. The molecule has 0 aromatic heterocycles. The van der Waals surface area contributed by atoms with Gasteiger partial charge in [-0.25, -0.2) is 8.42 Å². The fourth-order valence-corrected chi connectivity index (χ4v) is 7.09. The van der Waals surface area contributed by atoms with E-state index in [2.05, 4.69) is 5.32 Å². The number of methoxy groups -OCH3 is 2. The summed E-state index contributed by atoms with van der Waals surface area (Å²) < 4.78 is 40.1. The minimum absolute atomic E-state index is 0.0371. The lowest BCUT2D eigenvalue weighted by atomic mass is 9.95. The van der Waals surface area contributed by atoms with Crippen molar-refractivity contribution >= 4 is 27.5 Å². The van der Waals surface area contributed by atoms with Crippen molar-refractivity contribution in [1.29, 1.82) is 0 Å². The molecule has 1 fully saturated rings. The second-order valence-corrected chi connectivity index (χ2v) is 12.9. The van der Waals surface area contributed by atoms with E-state index in [0.29, 0.717) is 17.9 Å². The third kappa shape index (κ3) is 7.72. The van der Waals surface area contributed by atoms with Crippen LogP contribution >= 0.6 is 0 Å².